The van der Waals surface area contributed by atoms with Crippen LogP contribution in [-0.2, 0) is 18.4 Å². The Hall–Kier alpha value is -3.16. The lowest BCUT2D eigenvalue weighted by Crippen LogP contribution is -2.24. The first-order valence-corrected chi connectivity index (χ1v) is 8.34. The van der Waals surface area contributed by atoms with Gasteiger partial charge in [-0.1, -0.05) is 18.2 Å². The van der Waals surface area contributed by atoms with Crippen LogP contribution in [0.15, 0.2) is 30.5 Å². The third-order valence-electron chi connectivity index (χ3n) is 4.31. The number of hydrogen-bond acceptors (Lipinski definition) is 4. The standard InChI is InChI=1S/C18H22N6O2/c1-12-16(17(21-23(12)4)18(26)22(2)3)20-15(25)9-10-24-14-8-6-5-7-13(14)11-19-24/h5-8,11H,9-10H2,1-4H3,(H,20,25). The molecular formula is C18H22N6O2. The second-order valence-corrected chi connectivity index (χ2v) is 6.36. The fourth-order valence-electron chi connectivity index (χ4n) is 2.73. The molecule has 2 heterocycles. The Morgan fingerprint density at radius 3 is 2.69 bits per heavy atom. The number of benzene rings is 1. The van der Waals surface area contributed by atoms with E-state index in [1.807, 2.05) is 31.2 Å². The fraction of sp³-hybridized carbons (Fsp3) is 0.333. The van der Waals surface area contributed by atoms with Gasteiger partial charge >= 0.3 is 0 Å². The van der Waals surface area contributed by atoms with E-state index in [9.17, 15) is 9.59 Å². The molecule has 1 N–H and O–H groups in total. The van der Waals surface area contributed by atoms with Crippen LogP contribution >= 0.6 is 0 Å². The first-order chi connectivity index (χ1) is 12.4. The molecule has 0 aliphatic heterocycles. The summed E-state index contributed by atoms with van der Waals surface area (Å²) in [5.74, 6) is -0.435. The van der Waals surface area contributed by atoms with Crippen molar-refractivity contribution in [3.05, 3.63) is 41.9 Å². The predicted molar refractivity (Wildman–Crippen MR) is 98.9 cm³/mol. The van der Waals surface area contributed by atoms with Crippen LogP contribution in [-0.4, -0.2) is 50.4 Å². The van der Waals surface area contributed by atoms with Crippen LogP contribution in [0.2, 0.25) is 0 Å². The van der Waals surface area contributed by atoms with Gasteiger partial charge in [0.05, 0.1) is 29.6 Å². The minimum atomic E-state index is -0.248. The number of aromatic nitrogens is 4. The van der Waals surface area contributed by atoms with Crippen molar-refractivity contribution in [1.82, 2.24) is 24.5 Å². The van der Waals surface area contributed by atoms with Crippen molar-refractivity contribution in [2.75, 3.05) is 19.4 Å². The molecule has 0 aliphatic rings. The number of nitrogens with one attached hydrogen (secondary N) is 1. The molecule has 2 amide bonds. The van der Waals surface area contributed by atoms with Gasteiger partial charge in [-0.15, -0.1) is 0 Å². The number of fused-ring (bicyclic) bond motifs is 1. The normalized spacial score (nSPS) is 10.9. The Labute approximate surface area is 151 Å². The molecule has 136 valence electrons. The predicted octanol–water partition coefficient (Wildman–Crippen LogP) is 1.81. The van der Waals surface area contributed by atoms with Crippen molar-refractivity contribution in [3.63, 3.8) is 0 Å². The van der Waals surface area contributed by atoms with Gasteiger partial charge in [0.2, 0.25) is 5.91 Å². The van der Waals surface area contributed by atoms with Crippen molar-refractivity contribution in [1.29, 1.82) is 0 Å². The lowest BCUT2D eigenvalue weighted by atomic mass is 10.2. The van der Waals surface area contributed by atoms with Crippen LogP contribution in [0.3, 0.4) is 0 Å². The van der Waals surface area contributed by atoms with Crippen LogP contribution in [0.25, 0.3) is 10.9 Å². The molecule has 0 radical (unpaired) electrons. The van der Waals surface area contributed by atoms with Crippen molar-refractivity contribution in [2.45, 2.75) is 19.9 Å². The number of para-hydroxylation sites is 1. The Bertz CT molecular complexity index is 969. The van der Waals surface area contributed by atoms with Gasteiger partial charge in [-0.05, 0) is 13.0 Å². The topological polar surface area (TPSA) is 85.1 Å². The Morgan fingerprint density at radius 1 is 1.23 bits per heavy atom. The molecule has 3 aromatic rings. The number of rotatable bonds is 5. The molecule has 26 heavy (non-hydrogen) atoms. The third-order valence-corrected chi connectivity index (χ3v) is 4.31. The molecule has 2 aromatic heterocycles. The average molecular weight is 354 g/mol. The van der Waals surface area contributed by atoms with E-state index in [2.05, 4.69) is 15.5 Å². The molecule has 8 nitrogen and oxygen atoms in total. The average Bonchev–Trinajstić information content (AvgIpc) is 3.15. The van der Waals surface area contributed by atoms with Crippen LogP contribution in [0, 0.1) is 6.92 Å². The van der Waals surface area contributed by atoms with E-state index in [1.54, 1.807) is 36.7 Å². The summed E-state index contributed by atoms with van der Waals surface area (Å²) in [5.41, 5.74) is 2.42. The summed E-state index contributed by atoms with van der Waals surface area (Å²) in [7, 11) is 5.05. The van der Waals surface area contributed by atoms with Gasteiger partial charge in [0.15, 0.2) is 5.69 Å². The van der Waals surface area contributed by atoms with Gasteiger partial charge in [0.25, 0.3) is 5.91 Å². The van der Waals surface area contributed by atoms with E-state index >= 15 is 0 Å². The van der Waals surface area contributed by atoms with Crippen molar-refractivity contribution >= 4 is 28.4 Å². The van der Waals surface area contributed by atoms with Crippen molar-refractivity contribution in [3.8, 4) is 0 Å². The lowest BCUT2D eigenvalue weighted by molar-refractivity contribution is -0.116. The van der Waals surface area contributed by atoms with E-state index in [1.165, 1.54) is 4.90 Å². The highest BCUT2D eigenvalue weighted by Crippen LogP contribution is 2.21. The molecule has 0 bridgehead atoms. The summed E-state index contributed by atoms with van der Waals surface area (Å²) in [6.07, 6.45) is 2.03. The fourth-order valence-corrected chi connectivity index (χ4v) is 2.73. The zero-order valence-corrected chi connectivity index (χ0v) is 15.4. The van der Waals surface area contributed by atoms with Crippen LogP contribution in [0.1, 0.15) is 22.6 Å². The number of amides is 2. The maximum absolute atomic E-state index is 12.4. The quantitative estimate of drug-likeness (QED) is 0.757. The second-order valence-electron chi connectivity index (χ2n) is 6.36. The van der Waals surface area contributed by atoms with Crippen molar-refractivity contribution in [2.24, 2.45) is 7.05 Å². The van der Waals surface area contributed by atoms with Gasteiger partial charge in [-0.25, -0.2) is 0 Å². The maximum atomic E-state index is 12.4. The molecule has 0 aliphatic carbocycles. The number of nitrogens with zero attached hydrogens (tertiary/aromatic N) is 5. The molecule has 1 aromatic carbocycles. The highest BCUT2D eigenvalue weighted by Gasteiger charge is 2.22. The SMILES string of the molecule is Cc1c(NC(=O)CCn2ncc3ccccc32)c(C(=O)N(C)C)nn1C. The summed E-state index contributed by atoms with van der Waals surface area (Å²) in [4.78, 5) is 26.2. The molecule has 0 spiro atoms. The number of anilines is 1. The van der Waals surface area contributed by atoms with E-state index < -0.39 is 0 Å². The Balaban J connectivity index is 1.73. The van der Waals surface area contributed by atoms with Crippen LogP contribution in [0.5, 0.6) is 0 Å². The summed E-state index contributed by atoms with van der Waals surface area (Å²) >= 11 is 0. The smallest absolute Gasteiger partial charge is 0.276 e. The minimum Gasteiger partial charge on any atom is -0.343 e. The number of carbonyl (C=O) groups is 2. The molecule has 0 fully saturated rings. The zero-order valence-electron chi connectivity index (χ0n) is 15.4. The monoisotopic (exact) mass is 354 g/mol. The summed E-state index contributed by atoms with van der Waals surface area (Å²) in [6.45, 7) is 2.27. The molecule has 0 atom stereocenters. The number of aryl methyl sites for hydroxylation is 2. The molecular weight excluding hydrogens is 332 g/mol. The zero-order chi connectivity index (χ0) is 18.8. The van der Waals surface area contributed by atoms with E-state index in [-0.39, 0.29) is 23.9 Å². The first kappa shape index (κ1) is 17.7. The summed E-state index contributed by atoms with van der Waals surface area (Å²) in [5, 5.41) is 12.4. The van der Waals surface area contributed by atoms with Gasteiger partial charge in [0.1, 0.15) is 0 Å². The highest BCUT2D eigenvalue weighted by molar-refractivity contribution is 6.02. The number of carbonyl (C=O) groups excluding carboxylic acids is 2. The molecule has 0 saturated carbocycles. The number of hydrogen-bond donors (Lipinski definition) is 1. The molecule has 0 saturated heterocycles. The van der Waals surface area contributed by atoms with Crippen LogP contribution < -0.4 is 5.32 Å². The summed E-state index contributed by atoms with van der Waals surface area (Å²) < 4.78 is 3.39. The van der Waals surface area contributed by atoms with E-state index in [0.29, 0.717) is 12.2 Å². The van der Waals surface area contributed by atoms with Crippen LogP contribution in [0.4, 0.5) is 5.69 Å². The van der Waals surface area contributed by atoms with E-state index in [0.717, 1.165) is 16.6 Å². The van der Waals surface area contributed by atoms with Gasteiger partial charge in [-0.2, -0.15) is 10.2 Å². The van der Waals surface area contributed by atoms with E-state index in [4.69, 9.17) is 0 Å². The molecule has 8 heteroatoms. The van der Waals surface area contributed by atoms with Gasteiger partial charge in [-0.3, -0.25) is 19.0 Å². The summed E-state index contributed by atoms with van der Waals surface area (Å²) in [6, 6.07) is 7.85. The minimum absolute atomic E-state index is 0.187. The largest absolute Gasteiger partial charge is 0.343 e. The maximum Gasteiger partial charge on any atom is 0.276 e. The third kappa shape index (κ3) is 3.30. The first-order valence-electron chi connectivity index (χ1n) is 8.34. The Morgan fingerprint density at radius 2 is 1.96 bits per heavy atom. The van der Waals surface area contributed by atoms with Gasteiger partial charge < -0.3 is 10.2 Å². The van der Waals surface area contributed by atoms with Gasteiger partial charge in [0, 0.05) is 33.0 Å². The second kappa shape index (κ2) is 6.99. The van der Waals surface area contributed by atoms with Crippen molar-refractivity contribution < 1.29 is 9.59 Å². The Kier molecular flexibility index (Phi) is 4.75. The molecule has 0 unspecified atom stereocenters. The highest BCUT2D eigenvalue weighted by atomic mass is 16.2. The lowest BCUT2D eigenvalue weighted by Gasteiger charge is -2.11. The molecule has 3 rings (SSSR count).